The molecule has 0 radical (unpaired) electrons. The van der Waals surface area contributed by atoms with Crippen LogP contribution in [-0.4, -0.2) is 30.1 Å². The Morgan fingerprint density at radius 3 is 2.38 bits per heavy atom. The van der Waals surface area contributed by atoms with E-state index in [4.69, 9.17) is 9.47 Å². The molecule has 0 heterocycles. The number of carbonyl (C=O) groups excluding carboxylic acids is 1. The first kappa shape index (κ1) is 15.9. The van der Waals surface area contributed by atoms with Crippen LogP contribution in [-0.2, 0) is 14.3 Å². The second-order valence-corrected chi connectivity index (χ2v) is 5.49. The summed E-state index contributed by atoms with van der Waals surface area (Å²) in [6.07, 6.45) is 3.74. The van der Waals surface area contributed by atoms with Crippen LogP contribution in [0.1, 0.15) is 46.5 Å². The maximum atomic E-state index is 11.3. The predicted octanol–water partition coefficient (Wildman–Crippen LogP) is 3.30. The standard InChI is InChI=1S/C12H23BrO3/c1-12(2,3)16-11(14)7-10-15-9-6-4-5-8-13/h4-10H2,1-3H3. The SMILES string of the molecule is CC(C)(C)OC(=O)CCOCCCCCBr. The molecule has 0 saturated carbocycles. The zero-order chi connectivity index (χ0) is 12.4. The van der Waals surface area contributed by atoms with Crippen molar-refractivity contribution in [2.45, 2.75) is 52.1 Å². The predicted molar refractivity (Wildman–Crippen MR) is 68.9 cm³/mol. The Labute approximate surface area is 107 Å². The third-order valence-electron chi connectivity index (χ3n) is 1.79. The molecule has 0 aliphatic carbocycles. The molecule has 16 heavy (non-hydrogen) atoms. The van der Waals surface area contributed by atoms with Gasteiger partial charge in [-0.15, -0.1) is 0 Å². The van der Waals surface area contributed by atoms with Crippen LogP contribution in [0.5, 0.6) is 0 Å². The third kappa shape index (κ3) is 12.0. The fourth-order valence-corrected chi connectivity index (χ4v) is 1.52. The van der Waals surface area contributed by atoms with Gasteiger partial charge in [0.25, 0.3) is 0 Å². The summed E-state index contributed by atoms with van der Waals surface area (Å²) in [4.78, 5) is 11.3. The molecule has 0 aliphatic heterocycles. The minimum atomic E-state index is -0.396. The van der Waals surface area contributed by atoms with Crippen LogP contribution in [0.15, 0.2) is 0 Å². The Balaban J connectivity index is 3.28. The van der Waals surface area contributed by atoms with Gasteiger partial charge < -0.3 is 9.47 Å². The normalized spacial score (nSPS) is 11.5. The summed E-state index contributed by atoms with van der Waals surface area (Å²) in [5, 5.41) is 1.05. The van der Waals surface area contributed by atoms with E-state index in [9.17, 15) is 4.79 Å². The molecule has 0 unspecified atom stereocenters. The lowest BCUT2D eigenvalue weighted by Crippen LogP contribution is -2.24. The molecular formula is C12H23BrO3. The van der Waals surface area contributed by atoms with E-state index in [-0.39, 0.29) is 5.97 Å². The summed E-state index contributed by atoms with van der Waals surface area (Å²) < 4.78 is 10.5. The van der Waals surface area contributed by atoms with Gasteiger partial charge in [-0.25, -0.2) is 0 Å². The number of alkyl halides is 1. The molecule has 4 heteroatoms. The lowest BCUT2D eigenvalue weighted by molar-refractivity contribution is -0.156. The first-order chi connectivity index (χ1) is 7.45. The van der Waals surface area contributed by atoms with Gasteiger partial charge in [0.1, 0.15) is 5.60 Å². The van der Waals surface area contributed by atoms with Gasteiger partial charge in [0.05, 0.1) is 13.0 Å². The molecule has 3 nitrogen and oxygen atoms in total. The van der Waals surface area contributed by atoms with Gasteiger partial charge in [-0.05, 0) is 33.6 Å². The number of esters is 1. The van der Waals surface area contributed by atoms with Crippen molar-refractivity contribution in [2.75, 3.05) is 18.5 Å². The van der Waals surface area contributed by atoms with E-state index < -0.39 is 5.60 Å². The molecule has 0 fully saturated rings. The first-order valence-electron chi connectivity index (χ1n) is 5.81. The minimum absolute atomic E-state index is 0.187. The van der Waals surface area contributed by atoms with E-state index in [1.807, 2.05) is 20.8 Å². The first-order valence-corrected chi connectivity index (χ1v) is 6.93. The van der Waals surface area contributed by atoms with Crippen LogP contribution >= 0.6 is 15.9 Å². The van der Waals surface area contributed by atoms with Crippen LogP contribution in [0.3, 0.4) is 0 Å². The maximum absolute atomic E-state index is 11.3. The second-order valence-electron chi connectivity index (χ2n) is 4.70. The van der Waals surface area contributed by atoms with Crippen molar-refractivity contribution < 1.29 is 14.3 Å². The topological polar surface area (TPSA) is 35.5 Å². The summed E-state index contributed by atoms with van der Waals surface area (Å²) in [5.41, 5.74) is -0.396. The quantitative estimate of drug-likeness (QED) is 0.391. The zero-order valence-electron chi connectivity index (χ0n) is 10.6. The highest BCUT2D eigenvalue weighted by Gasteiger charge is 2.15. The summed E-state index contributed by atoms with van der Waals surface area (Å²) in [6, 6.07) is 0. The second kappa shape index (κ2) is 8.99. The third-order valence-corrected chi connectivity index (χ3v) is 2.35. The molecular weight excluding hydrogens is 272 g/mol. The molecule has 0 saturated heterocycles. The molecule has 0 aromatic carbocycles. The lowest BCUT2D eigenvalue weighted by atomic mass is 10.2. The summed E-state index contributed by atoms with van der Waals surface area (Å²) in [6.45, 7) is 6.79. The molecule has 96 valence electrons. The van der Waals surface area contributed by atoms with Crippen molar-refractivity contribution in [1.29, 1.82) is 0 Å². The molecule has 0 bridgehead atoms. The number of halogens is 1. The Kier molecular flexibility index (Phi) is 8.94. The van der Waals surface area contributed by atoms with Crippen LogP contribution in [0.2, 0.25) is 0 Å². The molecule has 0 atom stereocenters. The van der Waals surface area contributed by atoms with Crippen LogP contribution in [0.25, 0.3) is 0 Å². The number of rotatable bonds is 8. The van der Waals surface area contributed by atoms with Gasteiger partial charge in [0.2, 0.25) is 0 Å². The van der Waals surface area contributed by atoms with Crippen molar-refractivity contribution in [3.63, 3.8) is 0 Å². The monoisotopic (exact) mass is 294 g/mol. The van der Waals surface area contributed by atoms with Crippen molar-refractivity contribution >= 4 is 21.9 Å². The van der Waals surface area contributed by atoms with Gasteiger partial charge in [-0.3, -0.25) is 4.79 Å². The van der Waals surface area contributed by atoms with Gasteiger partial charge in [-0.1, -0.05) is 22.4 Å². The van der Waals surface area contributed by atoms with E-state index in [1.165, 1.54) is 6.42 Å². The molecule has 0 spiro atoms. The van der Waals surface area contributed by atoms with E-state index in [2.05, 4.69) is 15.9 Å². The van der Waals surface area contributed by atoms with Gasteiger partial charge in [-0.2, -0.15) is 0 Å². The molecule has 0 aromatic heterocycles. The molecule has 0 N–H and O–H groups in total. The molecule has 0 aromatic rings. The van der Waals surface area contributed by atoms with Crippen molar-refractivity contribution in [3.8, 4) is 0 Å². The summed E-state index contributed by atoms with van der Waals surface area (Å²) in [7, 11) is 0. The van der Waals surface area contributed by atoms with Gasteiger partial charge in [0.15, 0.2) is 0 Å². The zero-order valence-corrected chi connectivity index (χ0v) is 12.1. The number of hydrogen-bond donors (Lipinski definition) is 0. The van der Waals surface area contributed by atoms with E-state index in [0.29, 0.717) is 13.0 Å². The highest BCUT2D eigenvalue weighted by molar-refractivity contribution is 9.09. The lowest BCUT2D eigenvalue weighted by Gasteiger charge is -2.19. The number of unbranched alkanes of at least 4 members (excludes halogenated alkanes) is 2. The van der Waals surface area contributed by atoms with E-state index >= 15 is 0 Å². The highest BCUT2D eigenvalue weighted by atomic mass is 79.9. The summed E-state index contributed by atoms with van der Waals surface area (Å²) >= 11 is 3.38. The molecule has 0 amide bonds. The molecule has 0 rings (SSSR count). The Bertz CT molecular complexity index is 187. The smallest absolute Gasteiger partial charge is 0.308 e. The number of ether oxygens (including phenoxy) is 2. The average molecular weight is 295 g/mol. The van der Waals surface area contributed by atoms with E-state index in [1.54, 1.807) is 0 Å². The number of carbonyl (C=O) groups is 1. The van der Waals surface area contributed by atoms with E-state index in [0.717, 1.165) is 24.8 Å². The van der Waals surface area contributed by atoms with Crippen LogP contribution in [0, 0.1) is 0 Å². The van der Waals surface area contributed by atoms with Gasteiger partial charge in [0, 0.05) is 11.9 Å². The average Bonchev–Trinajstić information content (AvgIpc) is 2.13. The van der Waals surface area contributed by atoms with Gasteiger partial charge >= 0.3 is 5.97 Å². The Morgan fingerprint density at radius 1 is 1.12 bits per heavy atom. The number of hydrogen-bond acceptors (Lipinski definition) is 3. The van der Waals surface area contributed by atoms with Crippen molar-refractivity contribution in [3.05, 3.63) is 0 Å². The Morgan fingerprint density at radius 2 is 1.81 bits per heavy atom. The fraction of sp³-hybridized carbons (Fsp3) is 0.917. The van der Waals surface area contributed by atoms with Crippen LogP contribution in [0.4, 0.5) is 0 Å². The highest BCUT2D eigenvalue weighted by Crippen LogP contribution is 2.08. The largest absolute Gasteiger partial charge is 0.460 e. The van der Waals surface area contributed by atoms with Crippen molar-refractivity contribution in [1.82, 2.24) is 0 Å². The Hall–Kier alpha value is -0.0900. The van der Waals surface area contributed by atoms with Crippen LogP contribution < -0.4 is 0 Å². The molecule has 0 aliphatic rings. The minimum Gasteiger partial charge on any atom is -0.460 e. The van der Waals surface area contributed by atoms with Crippen molar-refractivity contribution in [2.24, 2.45) is 0 Å². The maximum Gasteiger partial charge on any atom is 0.308 e. The fourth-order valence-electron chi connectivity index (χ4n) is 1.13. The summed E-state index contributed by atoms with van der Waals surface area (Å²) in [5.74, 6) is -0.187.